The fourth-order valence-corrected chi connectivity index (χ4v) is 8.60. The smallest absolute Gasteiger partial charge is 0.194 e. The van der Waals surface area contributed by atoms with Gasteiger partial charge in [-0.1, -0.05) is 41.9 Å². The summed E-state index contributed by atoms with van der Waals surface area (Å²) in [5.41, 5.74) is 8.05. The van der Waals surface area contributed by atoms with Crippen LogP contribution >= 0.6 is 35.1 Å². The second-order valence-electron chi connectivity index (χ2n) is 11.4. The van der Waals surface area contributed by atoms with Crippen molar-refractivity contribution in [3.63, 3.8) is 0 Å². The number of hydrogen-bond acceptors (Lipinski definition) is 7. The van der Waals surface area contributed by atoms with E-state index < -0.39 is 6.29 Å². The van der Waals surface area contributed by atoms with Gasteiger partial charge in [-0.3, -0.25) is 9.78 Å². The van der Waals surface area contributed by atoms with Crippen LogP contribution in [0.3, 0.4) is 0 Å². The van der Waals surface area contributed by atoms with Crippen molar-refractivity contribution in [2.75, 3.05) is 6.61 Å². The van der Waals surface area contributed by atoms with E-state index in [-0.39, 0.29) is 0 Å². The summed E-state index contributed by atoms with van der Waals surface area (Å²) >= 11 is 10.5. The predicted octanol–water partition coefficient (Wildman–Crippen LogP) is 7.45. The summed E-state index contributed by atoms with van der Waals surface area (Å²) in [5, 5.41) is 37.5. The van der Waals surface area contributed by atoms with Crippen molar-refractivity contribution in [2.45, 2.75) is 48.2 Å². The van der Waals surface area contributed by atoms with Crippen LogP contribution in [0, 0.1) is 6.92 Å². The molecule has 11 heteroatoms. The molecule has 0 saturated carbocycles. The molecule has 0 fully saturated rings. The standard InChI is InChI=1S/C34H34ClN5O3S2/c1-19-30-28(40(3)38-19)18-44-16-21-14-22(37-36-21)17-45-23-13-20-7-4-5-8-24(20)29(15-23)43-12-6-9-25-26-10-11-27(35)31(30)32(26)39(2)33(25)34(41)42/h4-5,7-8,10-11,13-15,34,41-42H,6,9,12,16-18H2,1-3H3,(H,36,37). The Balaban J connectivity index is 1.35. The van der Waals surface area contributed by atoms with Gasteiger partial charge in [0.05, 0.1) is 39.9 Å². The molecule has 0 aliphatic carbocycles. The topological polar surface area (TPSA) is 101 Å². The zero-order valence-corrected chi connectivity index (χ0v) is 27.7. The number of rotatable bonds is 1. The molecule has 0 atom stereocenters. The molecule has 4 heterocycles. The first-order chi connectivity index (χ1) is 21.8. The SMILES string of the molecule is Cc1nn(C)c2c1-c1c(Cl)ccc3c(c(C(O)O)n(C)c13)CCCOc1cc(cc3ccccc13)SCc1cc(n[nH]1)CSC2. The zero-order chi connectivity index (χ0) is 31.2. The largest absolute Gasteiger partial charge is 0.493 e. The molecule has 3 N–H and O–H groups in total. The minimum atomic E-state index is -1.64. The summed E-state index contributed by atoms with van der Waals surface area (Å²) in [6.45, 7) is 2.47. The van der Waals surface area contributed by atoms with Crippen LogP contribution in [0.15, 0.2) is 59.5 Å². The molecule has 3 aromatic carbocycles. The summed E-state index contributed by atoms with van der Waals surface area (Å²) in [4.78, 5) is 1.13. The number of benzene rings is 3. The molecule has 7 rings (SSSR count). The Kier molecular flexibility index (Phi) is 8.35. The van der Waals surface area contributed by atoms with Gasteiger partial charge in [0, 0.05) is 63.8 Å². The van der Waals surface area contributed by atoms with E-state index in [1.165, 1.54) is 0 Å². The first kappa shape index (κ1) is 30.3. The summed E-state index contributed by atoms with van der Waals surface area (Å²) in [6, 6.07) is 18.6. The van der Waals surface area contributed by atoms with Gasteiger partial charge < -0.3 is 19.5 Å². The van der Waals surface area contributed by atoms with E-state index in [0.717, 1.165) is 83.3 Å². The third-order valence-electron chi connectivity index (χ3n) is 8.49. The maximum atomic E-state index is 10.6. The van der Waals surface area contributed by atoms with Gasteiger partial charge in [0.25, 0.3) is 0 Å². The maximum Gasteiger partial charge on any atom is 0.194 e. The summed E-state index contributed by atoms with van der Waals surface area (Å²) in [7, 11) is 3.84. The van der Waals surface area contributed by atoms with Crippen molar-refractivity contribution >= 4 is 56.8 Å². The third kappa shape index (κ3) is 5.63. The average molecular weight is 660 g/mol. The van der Waals surface area contributed by atoms with Gasteiger partial charge in [0.2, 0.25) is 0 Å². The number of nitrogens with zero attached hydrogens (tertiary/aromatic N) is 4. The first-order valence-corrected chi connectivity index (χ1v) is 17.4. The third-order valence-corrected chi connectivity index (χ3v) is 10.8. The number of aromatic nitrogens is 5. The molecule has 0 unspecified atom stereocenters. The molecule has 0 saturated heterocycles. The molecule has 0 radical (unpaired) electrons. The summed E-state index contributed by atoms with van der Waals surface area (Å²) in [6.07, 6.45) is -0.348. The van der Waals surface area contributed by atoms with Crippen LogP contribution in [-0.2, 0) is 37.8 Å². The molecular formula is C34H34ClN5O3S2. The molecule has 45 heavy (non-hydrogen) atoms. The number of fused-ring (bicyclic) bond motifs is 8. The van der Waals surface area contributed by atoms with E-state index in [1.54, 1.807) is 23.5 Å². The molecule has 6 aromatic rings. The summed E-state index contributed by atoms with van der Waals surface area (Å²) in [5.74, 6) is 3.06. The van der Waals surface area contributed by atoms with Crippen LogP contribution in [0.25, 0.3) is 32.8 Å². The molecule has 0 spiro atoms. The number of aliphatic hydroxyl groups is 2. The lowest BCUT2D eigenvalue weighted by atomic mass is 9.98. The molecule has 8 nitrogen and oxygen atoms in total. The Labute approximate surface area is 274 Å². The monoisotopic (exact) mass is 659 g/mol. The van der Waals surface area contributed by atoms with Crippen LogP contribution in [0.4, 0.5) is 0 Å². The molecule has 3 aromatic heterocycles. The van der Waals surface area contributed by atoms with Gasteiger partial charge in [-0.2, -0.15) is 10.2 Å². The predicted molar refractivity (Wildman–Crippen MR) is 183 cm³/mol. The van der Waals surface area contributed by atoms with E-state index in [2.05, 4.69) is 40.5 Å². The van der Waals surface area contributed by atoms with Gasteiger partial charge in [0.15, 0.2) is 6.29 Å². The lowest BCUT2D eigenvalue weighted by molar-refractivity contribution is -0.0481. The quantitative estimate of drug-likeness (QED) is 0.158. The van der Waals surface area contributed by atoms with Crippen molar-refractivity contribution < 1.29 is 14.9 Å². The summed E-state index contributed by atoms with van der Waals surface area (Å²) < 4.78 is 10.2. The zero-order valence-electron chi connectivity index (χ0n) is 25.3. The van der Waals surface area contributed by atoms with E-state index in [4.69, 9.17) is 21.4 Å². The minimum absolute atomic E-state index is 0.464. The molecule has 1 aliphatic heterocycles. The van der Waals surface area contributed by atoms with Gasteiger partial charge in [0.1, 0.15) is 5.75 Å². The van der Waals surface area contributed by atoms with Crippen LogP contribution in [0.1, 0.15) is 46.7 Å². The molecule has 8 bridgehead atoms. The highest BCUT2D eigenvalue weighted by molar-refractivity contribution is 7.98. The number of nitrogens with one attached hydrogen (secondary N) is 1. The lowest BCUT2D eigenvalue weighted by Gasteiger charge is -2.13. The first-order valence-electron chi connectivity index (χ1n) is 14.9. The van der Waals surface area contributed by atoms with E-state index in [1.807, 2.05) is 54.5 Å². The Morgan fingerprint density at radius 3 is 2.69 bits per heavy atom. The van der Waals surface area contributed by atoms with Gasteiger partial charge in [-0.15, -0.1) is 23.5 Å². The molecule has 1 aliphatic rings. The number of aliphatic hydroxyl groups excluding tert-OH is 1. The lowest BCUT2D eigenvalue weighted by Crippen LogP contribution is -2.07. The normalized spacial score (nSPS) is 14.6. The number of aromatic amines is 1. The highest BCUT2D eigenvalue weighted by Crippen LogP contribution is 2.43. The van der Waals surface area contributed by atoms with Crippen LogP contribution in [-0.4, -0.2) is 41.4 Å². The Bertz CT molecular complexity index is 2050. The van der Waals surface area contributed by atoms with Crippen molar-refractivity contribution in [2.24, 2.45) is 14.1 Å². The number of aryl methyl sites for hydroxylation is 4. The number of halogens is 1. The van der Waals surface area contributed by atoms with Crippen LogP contribution in [0.2, 0.25) is 5.02 Å². The second kappa shape index (κ2) is 12.4. The Morgan fingerprint density at radius 1 is 1.00 bits per heavy atom. The van der Waals surface area contributed by atoms with Crippen molar-refractivity contribution in [3.05, 3.63) is 93.7 Å². The molecule has 232 valence electrons. The fourth-order valence-electron chi connectivity index (χ4n) is 6.50. The number of thioether (sulfide) groups is 2. The number of hydrogen-bond donors (Lipinski definition) is 3. The van der Waals surface area contributed by atoms with Crippen molar-refractivity contribution in [1.82, 2.24) is 24.5 Å². The van der Waals surface area contributed by atoms with Crippen molar-refractivity contribution in [1.29, 1.82) is 0 Å². The number of H-pyrrole nitrogens is 1. The van der Waals surface area contributed by atoms with E-state index in [9.17, 15) is 10.2 Å². The van der Waals surface area contributed by atoms with Crippen LogP contribution < -0.4 is 4.74 Å². The van der Waals surface area contributed by atoms with Gasteiger partial charge in [-0.05, 0) is 55.0 Å². The van der Waals surface area contributed by atoms with E-state index in [0.29, 0.717) is 35.9 Å². The highest BCUT2D eigenvalue weighted by atomic mass is 35.5. The Morgan fingerprint density at radius 2 is 1.84 bits per heavy atom. The van der Waals surface area contributed by atoms with Gasteiger partial charge in [-0.25, -0.2) is 0 Å². The molecule has 0 amide bonds. The Hall–Kier alpha value is -3.41. The second-order valence-corrected chi connectivity index (χ2v) is 13.8. The van der Waals surface area contributed by atoms with Crippen molar-refractivity contribution in [3.8, 4) is 16.9 Å². The fraction of sp³-hybridized carbons (Fsp3) is 0.294. The highest BCUT2D eigenvalue weighted by Gasteiger charge is 2.27. The molecular weight excluding hydrogens is 626 g/mol. The number of ether oxygens (including phenoxy) is 1. The van der Waals surface area contributed by atoms with E-state index >= 15 is 0 Å². The minimum Gasteiger partial charge on any atom is -0.493 e. The van der Waals surface area contributed by atoms with Crippen LogP contribution in [0.5, 0.6) is 5.75 Å². The average Bonchev–Trinajstić information content (AvgIpc) is 3.67. The van der Waals surface area contributed by atoms with Gasteiger partial charge >= 0.3 is 0 Å². The maximum absolute atomic E-state index is 10.6.